The molecule has 0 saturated carbocycles. The molecule has 2 rings (SSSR count). The maximum atomic E-state index is 13.8. The van der Waals surface area contributed by atoms with Crippen LogP contribution >= 0.6 is 0 Å². The molecule has 0 saturated heterocycles. The van der Waals surface area contributed by atoms with Crippen LogP contribution in [0.5, 0.6) is 11.5 Å². The number of aliphatic carboxylic acids is 1. The van der Waals surface area contributed by atoms with Crippen LogP contribution in [0.2, 0.25) is 0 Å². The molecule has 0 bridgehead atoms. The van der Waals surface area contributed by atoms with E-state index >= 15 is 0 Å². The predicted octanol–water partition coefficient (Wildman–Crippen LogP) is 2.93. The van der Waals surface area contributed by atoms with Crippen LogP contribution in [0.3, 0.4) is 0 Å². The average molecular weight is 276 g/mol. The Labute approximate surface area is 114 Å². The lowest BCUT2D eigenvalue weighted by atomic mass is 10.2. The van der Waals surface area contributed by atoms with Crippen LogP contribution in [-0.4, -0.2) is 20.9 Å². The van der Waals surface area contributed by atoms with Crippen LogP contribution in [0.1, 0.15) is 12.5 Å². The van der Waals surface area contributed by atoms with Crippen molar-refractivity contribution in [2.24, 2.45) is 0 Å². The van der Waals surface area contributed by atoms with Crippen molar-refractivity contribution in [1.82, 2.24) is 9.78 Å². The highest BCUT2D eigenvalue weighted by Crippen LogP contribution is 2.25. The van der Waals surface area contributed by atoms with Crippen LogP contribution in [0.25, 0.3) is 6.08 Å². The van der Waals surface area contributed by atoms with Crippen molar-refractivity contribution < 1.29 is 19.0 Å². The minimum atomic E-state index is -1.09. The van der Waals surface area contributed by atoms with E-state index in [9.17, 15) is 9.18 Å². The number of carbonyl (C=O) groups is 1. The van der Waals surface area contributed by atoms with Crippen molar-refractivity contribution in [3.05, 3.63) is 48.0 Å². The van der Waals surface area contributed by atoms with E-state index in [4.69, 9.17) is 9.84 Å². The maximum absolute atomic E-state index is 13.8. The standard InChI is InChI=1S/C14H13FN2O3/c1-2-17-9-11(8-16-17)20-13-5-3-10(7-12(13)15)4-6-14(18)19/h3-9H,2H2,1H3,(H,18,19)/b6-4+. The molecule has 0 spiro atoms. The first-order chi connectivity index (χ1) is 9.58. The number of rotatable bonds is 5. The third-order valence-electron chi connectivity index (χ3n) is 2.54. The molecule has 0 aliphatic heterocycles. The largest absolute Gasteiger partial charge is 0.478 e. The molecule has 0 amide bonds. The van der Waals surface area contributed by atoms with Crippen molar-refractivity contribution in [3.63, 3.8) is 0 Å². The Balaban J connectivity index is 2.15. The monoisotopic (exact) mass is 276 g/mol. The van der Waals surface area contributed by atoms with Gasteiger partial charge >= 0.3 is 5.97 Å². The van der Waals surface area contributed by atoms with E-state index in [-0.39, 0.29) is 5.75 Å². The highest BCUT2D eigenvalue weighted by molar-refractivity contribution is 5.85. The predicted molar refractivity (Wildman–Crippen MR) is 71.0 cm³/mol. The second-order valence-electron chi connectivity index (χ2n) is 4.00. The minimum absolute atomic E-state index is 0.0631. The number of ether oxygens (including phenoxy) is 1. The molecule has 1 aromatic carbocycles. The van der Waals surface area contributed by atoms with E-state index in [2.05, 4.69) is 5.10 Å². The van der Waals surface area contributed by atoms with Gasteiger partial charge in [0.15, 0.2) is 17.3 Å². The molecule has 0 aliphatic carbocycles. The molecule has 5 nitrogen and oxygen atoms in total. The molecule has 0 atom stereocenters. The summed E-state index contributed by atoms with van der Waals surface area (Å²) in [5, 5.41) is 12.5. The van der Waals surface area contributed by atoms with E-state index in [0.29, 0.717) is 17.9 Å². The minimum Gasteiger partial charge on any atom is -0.478 e. The highest BCUT2D eigenvalue weighted by atomic mass is 19.1. The smallest absolute Gasteiger partial charge is 0.328 e. The maximum Gasteiger partial charge on any atom is 0.328 e. The Hall–Kier alpha value is -2.63. The normalized spacial score (nSPS) is 10.9. The highest BCUT2D eigenvalue weighted by Gasteiger charge is 2.07. The zero-order valence-corrected chi connectivity index (χ0v) is 10.8. The molecule has 0 fully saturated rings. The fourth-order valence-corrected chi connectivity index (χ4v) is 1.57. The number of nitrogens with zero attached hydrogens (tertiary/aromatic N) is 2. The Morgan fingerprint density at radius 2 is 2.35 bits per heavy atom. The summed E-state index contributed by atoms with van der Waals surface area (Å²) in [7, 11) is 0. The Bertz CT molecular complexity index is 650. The van der Waals surface area contributed by atoms with Gasteiger partial charge in [-0.15, -0.1) is 0 Å². The Morgan fingerprint density at radius 3 is 2.95 bits per heavy atom. The molecule has 6 heteroatoms. The van der Waals surface area contributed by atoms with Gasteiger partial charge in [-0.05, 0) is 30.7 Å². The van der Waals surface area contributed by atoms with Crippen LogP contribution in [0.4, 0.5) is 4.39 Å². The number of benzene rings is 1. The topological polar surface area (TPSA) is 64.3 Å². The lowest BCUT2D eigenvalue weighted by Crippen LogP contribution is -1.92. The molecule has 1 aromatic heterocycles. The first kappa shape index (κ1) is 13.8. The number of carboxylic acid groups (broad SMARTS) is 1. The van der Waals surface area contributed by atoms with E-state index in [0.717, 1.165) is 6.08 Å². The van der Waals surface area contributed by atoms with Gasteiger partial charge in [-0.25, -0.2) is 9.18 Å². The number of aromatic nitrogens is 2. The molecular weight excluding hydrogens is 263 g/mol. The third kappa shape index (κ3) is 3.44. The fraction of sp³-hybridized carbons (Fsp3) is 0.143. The first-order valence-corrected chi connectivity index (χ1v) is 5.99. The summed E-state index contributed by atoms with van der Waals surface area (Å²) in [5.41, 5.74) is 0.446. The number of carboxylic acids is 1. The van der Waals surface area contributed by atoms with Gasteiger partial charge in [-0.2, -0.15) is 5.10 Å². The molecule has 104 valence electrons. The van der Waals surface area contributed by atoms with Gasteiger partial charge in [-0.1, -0.05) is 6.07 Å². The molecule has 0 aliphatic rings. The van der Waals surface area contributed by atoms with Crippen molar-refractivity contribution in [3.8, 4) is 11.5 Å². The number of hydrogen-bond acceptors (Lipinski definition) is 3. The van der Waals surface area contributed by atoms with Gasteiger partial charge in [0.05, 0.1) is 12.4 Å². The summed E-state index contributed by atoms with van der Waals surface area (Å²) < 4.78 is 20.9. The summed E-state index contributed by atoms with van der Waals surface area (Å²) in [6, 6.07) is 4.22. The molecule has 0 unspecified atom stereocenters. The van der Waals surface area contributed by atoms with Crippen molar-refractivity contribution >= 4 is 12.0 Å². The Kier molecular flexibility index (Phi) is 4.14. The van der Waals surface area contributed by atoms with E-state index in [1.807, 2.05) is 6.92 Å². The molecule has 0 radical (unpaired) electrons. The third-order valence-corrected chi connectivity index (χ3v) is 2.54. The summed E-state index contributed by atoms with van der Waals surface area (Å²) in [6.45, 7) is 2.63. The van der Waals surface area contributed by atoms with Crippen LogP contribution in [-0.2, 0) is 11.3 Å². The van der Waals surface area contributed by atoms with Crippen LogP contribution < -0.4 is 4.74 Å². The van der Waals surface area contributed by atoms with Crippen molar-refractivity contribution in [2.75, 3.05) is 0 Å². The van der Waals surface area contributed by atoms with Gasteiger partial charge in [0, 0.05) is 12.6 Å². The molecule has 1 heterocycles. The second kappa shape index (κ2) is 6.01. The summed E-state index contributed by atoms with van der Waals surface area (Å²) in [6.07, 6.45) is 5.42. The van der Waals surface area contributed by atoms with Crippen molar-refractivity contribution in [1.29, 1.82) is 0 Å². The van der Waals surface area contributed by atoms with Crippen molar-refractivity contribution in [2.45, 2.75) is 13.5 Å². The number of aryl methyl sites for hydroxylation is 1. The van der Waals surface area contributed by atoms with Gasteiger partial charge in [0.1, 0.15) is 0 Å². The van der Waals surface area contributed by atoms with Crippen LogP contribution in [0.15, 0.2) is 36.7 Å². The first-order valence-electron chi connectivity index (χ1n) is 5.99. The fourth-order valence-electron chi connectivity index (χ4n) is 1.57. The molecular formula is C14H13FN2O3. The Morgan fingerprint density at radius 1 is 1.55 bits per heavy atom. The summed E-state index contributed by atoms with van der Waals surface area (Å²) in [4.78, 5) is 10.4. The van der Waals surface area contributed by atoms with Gasteiger partial charge in [0.25, 0.3) is 0 Å². The number of halogens is 1. The van der Waals surface area contributed by atoms with Gasteiger partial charge < -0.3 is 9.84 Å². The van der Waals surface area contributed by atoms with Crippen LogP contribution in [0, 0.1) is 5.82 Å². The van der Waals surface area contributed by atoms with E-state index in [1.165, 1.54) is 24.4 Å². The zero-order valence-electron chi connectivity index (χ0n) is 10.8. The molecule has 20 heavy (non-hydrogen) atoms. The average Bonchev–Trinajstić information content (AvgIpc) is 2.87. The zero-order chi connectivity index (χ0) is 14.5. The summed E-state index contributed by atoms with van der Waals surface area (Å²) in [5.74, 6) is -1.15. The summed E-state index contributed by atoms with van der Waals surface area (Å²) >= 11 is 0. The molecule has 1 N–H and O–H groups in total. The lowest BCUT2D eigenvalue weighted by Gasteiger charge is -2.04. The number of hydrogen-bond donors (Lipinski definition) is 1. The second-order valence-corrected chi connectivity index (χ2v) is 4.00. The molecule has 2 aromatic rings. The van der Waals surface area contributed by atoms with E-state index < -0.39 is 11.8 Å². The quantitative estimate of drug-likeness (QED) is 0.853. The van der Waals surface area contributed by atoms with Gasteiger partial charge in [-0.3, -0.25) is 4.68 Å². The lowest BCUT2D eigenvalue weighted by molar-refractivity contribution is -0.131. The SMILES string of the molecule is CCn1cc(Oc2ccc(/C=C/C(=O)O)cc2F)cn1. The van der Waals surface area contributed by atoms with E-state index in [1.54, 1.807) is 16.9 Å². The van der Waals surface area contributed by atoms with Gasteiger partial charge in [0.2, 0.25) is 0 Å².